The zero-order valence-corrected chi connectivity index (χ0v) is 12.7. The highest BCUT2D eigenvalue weighted by molar-refractivity contribution is 6.30. The second-order valence-electron chi connectivity index (χ2n) is 5.16. The second kappa shape index (κ2) is 6.63. The van der Waals surface area contributed by atoms with Crippen LogP contribution in [0.4, 0.5) is 5.82 Å². The summed E-state index contributed by atoms with van der Waals surface area (Å²) in [4.78, 5) is 10.7. The minimum absolute atomic E-state index is 0.0693. The molecule has 1 aliphatic heterocycles. The third-order valence-electron chi connectivity index (χ3n) is 3.57. The van der Waals surface area contributed by atoms with Gasteiger partial charge in [0.2, 0.25) is 5.88 Å². The van der Waals surface area contributed by atoms with Gasteiger partial charge in [0.15, 0.2) is 0 Å². The fourth-order valence-corrected chi connectivity index (χ4v) is 2.60. The average Bonchev–Trinajstić information content (AvgIpc) is 2.57. The highest BCUT2D eigenvalue weighted by Crippen LogP contribution is 2.21. The number of rotatable bonds is 3. The molecule has 22 heavy (non-hydrogen) atoms. The maximum atomic E-state index is 8.82. The van der Waals surface area contributed by atoms with E-state index in [4.69, 9.17) is 21.6 Å². The van der Waals surface area contributed by atoms with Crippen molar-refractivity contribution in [2.24, 2.45) is 0 Å². The molecule has 0 amide bonds. The molecule has 1 fully saturated rings. The van der Waals surface area contributed by atoms with Crippen LogP contribution in [-0.2, 0) is 0 Å². The van der Waals surface area contributed by atoms with Crippen LogP contribution in [0.5, 0.6) is 5.88 Å². The molecule has 0 saturated carbocycles. The molecule has 0 spiro atoms. The molecule has 0 bridgehead atoms. The molecule has 0 aromatic carbocycles. The molecule has 5 nitrogen and oxygen atoms in total. The van der Waals surface area contributed by atoms with E-state index in [1.807, 2.05) is 6.07 Å². The Labute approximate surface area is 134 Å². The van der Waals surface area contributed by atoms with E-state index in [-0.39, 0.29) is 6.10 Å². The van der Waals surface area contributed by atoms with Crippen molar-refractivity contribution in [2.75, 3.05) is 18.0 Å². The van der Waals surface area contributed by atoms with Crippen LogP contribution in [0, 0.1) is 11.3 Å². The first-order chi connectivity index (χ1) is 10.7. The molecular weight excluding hydrogens is 300 g/mol. The number of halogens is 1. The van der Waals surface area contributed by atoms with Crippen molar-refractivity contribution in [3.05, 3.63) is 47.2 Å². The summed E-state index contributed by atoms with van der Waals surface area (Å²) in [6.45, 7) is 1.69. The van der Waals surface area contributed by atoms with Crippen molar-refractivity contribution >= 4 is 17.4 Å². The molecule has 3 heterocycles. The molecule has 3 rings (SSSR count). The molecule has 2 aromatic rings. The van der Waals surface area contributed by atoms with Crippen LogP contribution in [0.1, 0.15) is 18.4 Å². The van der Waals surface area contributed by atoms with E-state index in [1.165, 1.54) is 0 Å². The van der Waals surface area contributed by atoms with Gasteiger partial charge in [-0.05, 0) is 31.0 Å². The summed E-state index contributed by atoms with van der Waals surface area (Å²) in [5, 5.41) is 9.42. The van der Waals surface area contributed by atoms with Gasteiger partial charge in [-0.25, -0.2) is 9.97 Å². The van der Waals surface area contributed by atoms with Gasteiger partial charge in [0.25, 0.3) is 0 Å². The van der Waals surface area contributed by atoms with Crippen LogP contribution in [0.3, 0.4) is 0 Å². The Balaban J connectivity index is 1.65. The van der Waals surface area contributed by atoms with Gasteiger partial charge in [-0.1, -0.05) is 11.6 Å². The van der Waals surface area contributed by atoms with Crippen molar-refractivity contribution < 1.29 is 4.74 Å². The molecule has 6 heteroatoms. The molecule has 112 valence electrons. The van der Waals surface area contributed by atoms with Gasteiger partial charge in [0.05, 0.1) is 17.1 Å². The zero-order valence-electron chi connectivity index (χ0n) is 11.9. The van der Waals surface area contributed by atoms with Gasteiger partial charge >= 0.3 is 0 Å². The summed E-state index contributed by atoms with van der Waals surface area (Å²) in [6.07, 6.45) is 5.26. The maximum Gasteiger partial charge on any atom is 0.213 e. The highest BCUT2D eigenvalue weighted by atomic mass is 35.5. The molecule has 0 aliphatic carbocycles. The van der Waals surface area contributed by atoms with Crippen molar-refractivity contribution in [2.45, 2.75) is 18.9 Å². The lowest BCUT2D eigenvalue weighted by atomic mass is 10.1. The Morgan fingerprint density at radius 2 is 2.14 bits per heavy atom. The van der Waals surface area contributed by atoms with Crippen LogP contribution < -0.4 is 9.64 Å². The van der Waals surface area contributed by atoms with Gasteiger partial charge in [0.1, 0.15) is 18.0 Å². The smallest absolute Gasteiger partial charge is 0.213 e. The SMILES string of the molecule is N#Cc1ccc(N2CCCC(Oc3ccc(Cl)cn3)C2)nc1. The molecule has 0 radical (unpaired) electrons. The van der Waals surface area contributed by atoms with Crippen molar-refractivity contribution in [1.82, 2.24) is 9.97 Å². The van der Waals surface area contributed by atoms with Gasteiger partial charge in [-0.2, -0.15) is 5.26 Å². The first-order valence-electron chi connectivity index (χ1n) is 7.14. The van der Waals surface area contributed by atoms with Crippen molar-refractivity contribution in [1.29, 1.82) is 5.26 Å². The van der Waals surface area contributed by atoms with Crippen LogP contribution >= 0.6 is 11.6 Å². The molecule has 1 saturated heterocycles. The summed E-state index contributed by atoms with van der Waals surface area (Å²) in [5.41, 5.74) is 0.568. The van der Waals surface area contributed by atoms with Gasteiger partial charge in [-0.3, -0.25) is 0 Å². The minimum atomic E-state index is 0.0693. The number of hydrogen-bond donors (Lipinski definition) is 0. The van der Waals surface area contributed by atoms with Crippen LogP contribution in [-0.4, -0.2) is 29.2 Å². The lowest BCUT2D eigenvalue weighted by Gasteiger charge is -2.33. The van der Waals surface area contributed by atoms with E-state index < -0.39 is 0 Å². The first-order valence-corrected chi connectivity index (χ1v) is 7.52. The monoisotopic (exact) mass is 314 g/mol. The van der Waals surface area contributed by atoms with Crippen LogP contribution in [0.15, 0.2) is 36.7 Å². The second-order valence-corrected chi connectivity index (χ2v) is 5.60. The predicted molar refractivity (Wildman–Crippen MR) is 84.1 cm³/mol. The van der Waals surface area contributed by atoms with Crippen molar-refractivity contribution in [3.63, 3.8) is 0 Å². The summed E-state index contributed by atoms with van der Waals surface area (Å²) >= 11 is 5.82. The Kier molecular flexibility index (Phi) is 4.40. The fourth-order valence-electron chi connectivity index (χ4n) is 2.48. The number of nitriles is 1. The molecule has 1 unspecified atom stereocenters. The summed E-state index contributed by atoms with van der Waals surface area (Å²) in [6, 6.07) is 9.29. The molecule has 2 aromatic heterocycles. The molecular formula is C16H15ClN4O. The number of aromatic nitrogens is 2. The Morgan fingerprint density at radius 1 is 1.23 bits per heavy atom. The van der Waals surface area contributed by atoms with Gasteiger partial charge in [-0.15, -0.1) is 0 Å². The summed E-state index contributed by atoms with van der Waals surface area (Å²) in [5.74, 6) is 1.46. The van der Waals surface area contributed by atoms with Gasteiger partial charge < -0.3 is 9.64 Å². The quantitative estimate of drug-likeness (QED) is 0.871. The highest BCUT2D eigenvalue weighted by Gasteiger charge is 2.22. The maximum absolute atomic E-state index is 8.82. The third-order valence-corrected chi connectivity index (χ3v) is 3.79. The molecule has 0 N–H and O–H groups in total. The Morgan fingerprint density at radius 3 is 2.82 bits per heavy atom. The third kappa shape index (κ3) is 3.46. The van der Waals surface area contributed by atoms with E-state index >= 15 is 0 Å². The Bertz CT molecular complexity index is 666. The van der Waals surface area contributed by atoms with Gasteiger partial charge in [0, 0.05) is 25.0 Å². The van der Waals surface area contributed by atoms with E-state index in [0.717, 1.165) is 31.7 Å². The summed E-state index contributed by atoms with van der Waals surface area (Å²) < 4.78 is 5.92. The van der Waals surface area contributed by atoms with E-state index in [9.17, 15) is 0 Å². The number of hydrogen-bond acceptors (Lipinski definition) is 5. The molecule has 1 atom stereocenters. The van der Waals surface area contributed by atoms with Crippen molar-refractivity contribution in [3.8, 4) is 11.9 Å². The number of nitrogens with zero attached hydrogens (tertiary/aromatic N) is 4. The average molecular weight is 315 g/mol. The molecule has 1 aliphatic rings. The normalized spacial score (nSPS) is 17.8. The largest absolute Gasteiger partial charge is 0.472 e. The van der Waals surface area contributed by atoms with E-state index in [0.29, 0.717) is 16.5 Å². The standard InChI is InChI=1S/C16H15ClN4O/c17-13-4-6-16(20-10-13)22-14-2-1-7-21(11-14)15-5-3-12(8-18)9-19-15/h3-6,9-10,14H,1-2,7,11H2. The lowest BCUT2D eigenvalue weighted by Crippen LogP contribution is -2.41. The Hall–Kier alpha value is -2.32. The van der Waals surface area contributed by atoms with E-state index in [1.54, 1.807) is 30.6 Å². The minimum Gasteiger partial charge on any atom is -0.472 e. The topological polar surface area (TPSA) is 62.0 Å². The van der Waals surface area contributed by atoms with Crippen LogP contribution in [0.25, 0.3) is 0 Å². The van der Waals surface area contributed by atoms with Crippen LogP contribution in [0.2, 0.25) is 5.02 Å². The van der Waals surface area contributed by atoms with E-state index in [2.05, 4.69) is 20.9 Å². The fraction of sp³-hybridized carbons (Fsp3) is 0.312. The first kappa shape index (κ1) is 14.6. The number of anilines is 1. The predicted octanol–water partition coefficient (Wildman–Crippen LogP) is 3.05. The lowest BCUT2D eigenvalue weighted by molar-refractivity contribution is 0.172. The summed E-state index contributed by atoms with van der Waals surface area (Å²) in [7, 11) is 0. The number of ether oxygens (including phenoxy) is 1. The number of piperidine rings is 1. The number of pyridine rings is 2. The zero-order chi connectivity index (χ0) is 15.4.